The van der Waals surface area contributed by atoms with Gasteiger partial charge in [0.1, 0.15) is 29.7 Å². The maximum Gasteiger partial charge on any atom is 0.184 e. The Kier molecular flexibility index (Phi) is 6.29. The van der Waals surface area contributed by atoms with Crippen LogP contribution >= 0.6 is 11.6 Å². The Balaban J connectivity index is 1.88. The molecular weight excluding hydrogens is 384 g/mol. The molecule has 1 aliphatic rings. The van der Waals surface area contributed by atoms with Crippen molar-refractivity contribution in [2.24, 2.45) is 0 Å². The number of halogens is 1. The van der Waals surface area contributed by atoms with Gasteiger partial charge in [0.25, 0.3) is 0 Å². The minimum Gasteiger partial charge on any atom is -0.494 e. The van der Waals surface area contributed by atoms with E-state index in [0.29, 0.717) is 23.6 Å². The fourth-order valence-corrected chi connectivity index (χ4v) is 3.60. The lowest BCUT2D eigenvalue weighted by molar-refractivity contribution is -0.320. The summed E-state index contributed by atoms with van der Waals surface area (Å²) in [6.45, 7) is 4.08. The van der Waals surface area contributed by atoms with Crippen molar-refractivity contribution < 1.29 is 29.9 Å². The average molecular weight is 409 g/mol. The predicted molar refractivity (Wildman–Crippen MR) is 104 cm³/mol. The summed E-state index contributed by atoms with van der Waals surface area (Å²) in [6, 6.07) is 12.8. The molecule has 1 aliphatic heterocycles. The molecule has 0 aliphatic carbocycles. The van der Waals surface area contributed by atoms with Crippen LogP contribution in [0.1, 0.15) is 30.5 Å². The molecule has 5 atom stereocenters. The second-order valence-corrected chi connectivity index (χ2v) is 7.51. The highest BCUT2D eigenvalue weighted by Crippen LogP contribution is 2.39. The first-order valence-corrected chi connectivity index (χ1v) is 9.54. The molecule has 152 valence electrons. The van der Waals surface area contributed by atoms with E-state index in [0.717, 1.165) is 16.9 Å². The number of aliphatic hydroxyl groups is 4. The zero-order valence-corrected chi connectivity index (χ0v) is 16.5. The molecule has 0 aromatic heterocycles. The first-order chi connectivity index (χ1) is 13.3. The Labute approximate surface area is 168 Å². The molecule has 7 heteroatoms. The Morgan fingerprint density at radius 1 is 1.04 bits per heavy atom. The fraction of sp³-hybridized carbons (Fsp3) is 0.429. The van der Waals surface area contributed by atoms with Crippen LogP contribution in [0.5, 0.6) is 5.75 Å². The molecule has 2 aromatic carbocycles. The third kappa shape index (κ3) is 4.03. The Hall–Kier alpha value is -1.67. The van der Waals surface area contributed by atoms with Crippen LogP contribution in [0.4, 0.5) is 0 Å². The molecule has 4 N–H and O–H groups in total. The number of hydrogen-bond acceptors (Lipinski definition) is 6. The lowest BCUT2D eigenvalue weighted by Crippen LogP contribution is -2.61. The second kappa shape index (κ2) is 8.37. The number of ether oxygens (including phenoxy) is 2. The molecule has 0 amide bonds. The lowest BCUT2D eigenvalue weighted by Gasteiger charge is -2.45. The van der Waals surface area contributed by atoms with Crippen molar-refractivity contribution in [1.29, 1.82) is 0 Å². The molecule has 3 rings (SSSR count). The van der Waals surface area contributed by atoms with E-state index in [1.807, 2.05) is 31.2 Å². The van der Waals surface area contributed by atoms with Crippen molar-refractivity contribution in [3.8, 4) is 5.75 Å². The summed E-state index contributed by atoms with van der Waals surface area (Å²) < 4.78 is 10.9. The van der Waals surface area contributed by atoms with Gasteiger partial charge in [-0.05, 0) is 55.2 Å². The van der Waals surface area contributed by atoms with E-state index < -0.39 is 30.2 Å². The van der Waals surface area contributed by atoms with Crippen molar-refractivity contribution in [2.75, 3.05) is 6.61 Å². The van der Waals surface area contributed by atoms with Gasteiger partial charge in [-0.15, -0.1) is 0 Å². The van der Waals surface area contributed by atoms with E-state index in [4.69, 9.17) is 21.1 Å². The summed E-state index contributed by atoms with van der Waals surface area (Å²) in [5, 5.41) is 40.7. The minimum atomic E-state index is -1.62. The van der Waals surface area contributed by atoms with Gasteiger partial charge in [-0.25, -0.2) is 0 Å². The maximum atomic E-state index is 10.5. The summed E-state index contributed by atoms with van der Waals surface area (Å²) in [4.78, 5) is 0. The van der Waals surface area contributed by atoms with E-state index in [-0.39, 0.29) is 0 Å². The van der Waals surface area contributed by atoms with Crippen LogP contribution in [0, 0.1) is 0 Å². The largest absolute Gasteiger partial charge is 0.494 e. The highest BCUT2D eigenvalue weighted by Gasteiger charge is 2.51. The standard InChI is InChI=1S/C21H25ClO6/c1-3-27-15-7-4-12(5-8-15)10-13-11-14(6-9-16(13)22)21(2)19(25)17(23)18(24)20(26)28-21/h4-9,11,17-20,23-26H,3,10H2,1-2H3. The van der Waals surface area contributed by atoms with Gasteiger partial charge in [-0.3, -0.25) is 0 Å². The van der Waals surface area contributed by atoms with Gasteiger partial charge in [0.05, 0.1) is 6.61 Å². The molecule has 0 bridgehead atoms. The van der Waals surface area contributed by atoms with Crippen LogP contribution in [0.3, 0.4) is 0 Å². The third-order valence-corrected chi connectivity index (χ3v) is 5.51. The maximum absolute atomic E-state index is 10.5. The van der Waals surface area contributed by atoms with Crippen molar-refractivity contribution in [3.05, 3.63) is 64.2 Å². The molecule has 0 radical (unpaired) electrons. The van der Waals surface area contributed by atoms with Crippen LogP contribution in [0.2, 0.25) is 5.02 Å². The fourth-order valence-electron chi connectivity index (χ4n) is 3.42. The SMILES string of the molecule is CCOc1ccc(Cc2cc(C3(C)OC(O)C(O)C(O)C3O)ccc2Cl)cc1. The molecule has 2 aromatic rings. The van der Waals surface area contributed by atoms with Crippen LogP contribution in [0.15, 0.2) is 42.5 Å². The first kappa shape index (κ1) is 21.0. The highest BCUT2D eigenvalue weighted by atomic mass is 35.5. The summed E-state index contributed by atoms with van der Waals surface area (Å²) >= 11 is 6.36. The lowest BCUT2D eigenvalue weighted by atomic mass is 9.82. The molecule has 0 saturated carbocycles. The predicted octanol–water partition coefficient (Wildman–Crippen LogP) is 1.98. The zero-order valence-electron chi connectivity index (χ0n) is 15.7. The quantitative estimate of drug-likeness (QED) is 0.603. The van der Waals surface area contributed by atoms with E-state index in [9.17, 15) is 20.4 Å². The molecule has 1 heterocycles. The van der Waals surface area contributed by atoms with E-state index in [2.05, 4.69) is 0 Å². The Morgan fingerprint density at radius 2 is 1.71 bits per heavy atom. The van der Waals surface area contributed by atoms with Crippen LogP contribution in [-0.2, 0) is 16.8 Å². The molecular formula is C21H25ClO6. The number of rotatable bonds is 5. The van der Waals surface area contributed by atoms with Crippen molar-refractivity contribution >= 4 is 11.6 Å². The highest BCUT2D eigenvalue weighted by molar-refractivity contribution is 6.31. The van der Waals surface area contributed by atoms with Gasteiger partial charge >= 0.3 is 0 Å². The molecule has 5 unspecified atom stereocenters. The number of benzene rings is 2. The molecule has 0 spiro atoms. The summed E-state index contributed by atoms with van der Waals surface area (Å²) in [5.41, 5.74) is 0.954. The van der Waals surface area contributed by atoms with Crippen molar-refractivity contribution in [3.63, 3.8) is 0 Å². The van der Waals surface area contributed by atoms with Gasteiger partial charge in [-0.2, -0.15) is 0 Å². The van der Waals surface area contributed by atoms with Gasteiger partial charge in [0.15, 0.2) is 6.29 Å². The normalized spacial score (nSPS) is 30.2. The van der Waals surface area contributed by atoms with E-state index in [1.165, 1.54) is 0 Å². The number of hydrogen-bond donors (Lipinski definition) is 4. The third-order valence-electron chi connectivity index (χ3n) is 5.14. The van der Waals surface area contributed by atoms with Gasteiger partial charge in [0.2, 0.25) is 0 Å². The Bertz CT molecular complexity index is 811. The van der Waals surface area contributed by atoms with Crippen LogP contribution in [0.25, 0.3) is 0 Å². The van der Waals surface area contributed by atoms with E-state index >= 15 is 0 Å². The first-order valence-electron chi connectivity index (χ1n) is 9.17. The van der Waals surface area contributed by atoms with Crippen molar-refractivity contribution in [2.45, 2.75) is 50.5 Å². The van der Waals surface area contributed by atoms with Gasteiger partial charge in [0, 0.05) is 5.02 Å². The average Bonchev–Trinajstić information content (AvgIpc) is 2.68. The second-order valence-electron chi connectivity index (χ2n) is 7.10. The topological polar surface area (TPSA) is 99.4 Å². The Morgan fingerprint density at radius 3 is 2.36 bits per heavy atom. The monoisotopic (exact) mass is 408 g/mol. The van der Waals surface area contributed by atoms with Crippen LogP contribution in [-0.4, -0.2) is 51.6 Å². The van der Waals surface area contributed by atoms with Gasteiger partial charge < -0.3 is 29.9 Å². The zero-order chi connectivity index (χ0) is 20.5. The van der Waals surface area contributed by atoms with Crippen LogP contribution < -0.4 is 4.74 Å². The minimum absolute atomic E-state index is 0.537. The molecule has 6 nitrogen and oxygen atoms in total. The molecule has 1 fully saturated rings. The van der Waals surface area contributed by atoms with Gasteiger partial charge in [-0.1, -0.05) is 35.9 Å². The summed E-state index contributed by atoms with van der Waals surface area (Å²) in [5.74, 6) is 0.791. The molecule has 1 saturated heterocycles. The molecule has 28 heavy (non-hydrogen) atoms. The summed E-state index contributed by atoms with van der Waals surface area (Å²) in [6.07, 6.45) is -5.63. The summed E-state index contributed by atoms with van der Waals surface area (Å²) in [7, 11) is 0. The van der Waals surface area contributed by atoms with Crippen molar-refractivity contribution in [1.82, 2.24) is 0 Å². The number of aliphatic hydroxyl groups excluding tert-OH is 4. The smallest absolute Gasteiger partial charge is 0.184 e. The van der Waals surface area contributed by atoms with E-state index in [1.54, 1.807) is 25.1 Å².